The van der Waals surface area contributed by atoms with E-state index in [1.807, 2.05) is 26.0 Å². The first-order valence-corrected chi connectivity index (χ1v) is 9.27. The molecule has 1 fully saturated rings. The first-order chi connectivity index (χ1) is 11.4. The van der Waals surface area contributed by atoms with E-state index in [2.05, 4.69) is 30.9 Å². The van der Waals surface area contributed by atoms with Crippen LogP contribution in [0.15, 0.2) is 24.3 Å². The van der Waals surface area contributed by atoms with E-state index in [1.165, 1.54) is 5.56 Å². The Balaban J connectivity index is 1.83. The maximum atomic E-state index is 12.7. The maximum Gasteiger partial charge on any atom is 0.166 e. The Labute approximate surface area is 146 Å². The minimum absolute atomic E-state index is 0.123. The average Bonchev–Trinajstić information content (AvgIpc) is 2.59. The smallest absolute Gasteiger partial charge is 0.166 e. The minimum atomic E-state index is 0.123. The molecule has 0 atom stereocenters. The molecule has 1 aliphatic heterocycles. The van der Waals surface area contributed by atoms with E-state index in [-0.39, 0.29) is 17.6 Å². The second-order valence-corrected chi connectivity index (χ2v) is 7.63. The van der Waals surface area contributed by atoms with E-state index in [4.69, 9.17) is 0 Å². The summed E-state index contributed by atoms with van der Waals surface area (Å²) in [5.74, 6) is 1.36. The number of nitrogens with zero attached hydrogens (tertiary/aromatic N) is 1. The molecule has 0 N–H and O–H groups in total. The number of carbonyl (C=O) groups is 2. The van der Waals surface area contributed by atoms with E-state index in [0.717, 1.165) is 38.0 Å². The highest BCUT2D eigenvalue weighted by Crippen LogP contribution is 2.23. The topological polar surface area (TPSA) is 37.4 Å². The second-order valence-electron chi connectivity index (χ2n) is 7.63. The molecular formula is C21H31NO2. The molecule has 0 unspecified atom stereocenters. The standard InChI is InChI=1S/C21H31NO2/c1-15(2)17-5-7-18(8-6-17)21(24)19-9-12-22(13-10-19)14-11-20(23)16(3)4/h5-8,15-16,19H,9-14H2,1-4H3. The van der Waals surface area contributed by atoms with Crippen LogP contribution in [0, 0.1) is 11.8 Å². The summed E-state index contributed by atoms with van der Waals surface area (Å²) in [7, 11) is 0. The van der Waals surface area contributed by atoms with Crippen LogP contribution < -0.4 is 0 Å². The van der Waals surface area contributed by atoms with Gasteiger partial charge in [-0.1, -0.05) is 52.0 Å². The summed E-state index contributed by atoms with van der Waals surface area (Å²) in [6, 6.07) is 8.10. The quantitative estimate of drug-likeness (QED) is 0.699. The van der Waals surface area contributed by atoms with Crippen molar-refractivity contribution in [3.63, 3.8) is 0 Å². The fourth-order valence-electron chi connectivity index (χ4n) is 3.24. The van der Waals surface area contributed by atoms with Crippen molar-refractivity contribution in [1.82, 2.24) is 4.90 Å². The molecule has 0 bridgehead atoms. The van der Waals surface area contributed by atoms with Crippen molar-refractivity contribution in [1.29, 1.82) is 0 Å². The van der Waals surface area contributed by atoms with Crippen LogP contribution in [-0.4, -0.2) is 36.1 Å². The van der Waals surface area contributed by atoms with Gasteiger partial charge in [0, 0.05) is 30.4 Å². The largest absolute Gasteiger partial charge is 0.303 e. The Kier molecular flexibility index (Phi) is 6.73. The number of hydrogen-bond donors (Lipinski definition) is 0. The van der Waals surface area contributed by atoms with Crippen LogP contribution in [0.3, 0.4) is 0 Å². The van der Waals surface area contributed by atoms with Crippen molar-refractivity contribution in [3.8, 4) is 0 Å². The van der Waals surface area contributed by atoms with E-state index in [1.54, 1.807) is 0 Å². The van der Waals surface area contributed by atoms with Gasteiger partial charge < -0.3 is 4.90 Å². The number of hydrogen-bond acceptors (Lipinski definition) is 3. The van der Waals surface area contributed by atoms with Crippen LogP contribution in [-0.2, 0) is 4.79 Å². The molecule has 3 heteroatoms. The van der Waals surface area contributed by atoms with Crippen molar-refractivity contribution in [2.45, 2.75) is 52.9 Å². The third-order valence-electron chi connectivity index (χ3n) is 5.14. The predicted molar refractivity (Wildman–Crippen MR) is 98.5 cm³/mol. The highest BCUT2D eigenvalue weighted by molar-refractivity contribution is 5.97. The molecule has 1 heterocycles. The third-order valence-corrected chi connectivity index (χ3v) is 5.14. The zero-order chi connectivity index (χ0) is 17.7. The van der Waals surface area contributed by atoms with Crippen LogP contribution in [0.2, 0.25) is 0 Å². The fourth-order valence-corrected chi connectivity index (χ4v) is 3.24. The predicted octanol–water partition coefficient (Wildman–Crippen LogP) is 4.32. The second kappa shape index (κ2) is 8.57. The third kappa shape index (κ3) is 5.01. The number of benzene rings is 1. The minimum Gasteiger partial charge on any atom is -0.303 e. The summed E-state index contributed by atoms with van der Waals surface area (Å²) in [5.41, 5.74) is 2.11. The number of piperidine rings is 1. The maximum absolute atomic E-state index is 12.7. The van der Waals surface area contributed by atoms with Gasteiger partial charge >= 0.3 is 0 Å². The van der Waals surface area contributed by atoms with Gasteiger partial charge in [-0.25, -0.2) is 0 Å². The Morgan fingerprint density at radius 1 is 1.04 bits per heavy atom. The molecule has 0 saturated carbocycles. The molecule has 0 radical (unpaired) electrons. The van der Waals surface area contributed by atoms with Gasteiger partial charge in [-0.05, 0) is 37.4 Å². The SMILES string of the molecule is CC(C)C(=O)CCN1CCC(C(=O)c2ccc(C(C)C)cc2)CC1. The van der Waals surface area contributed by atoms with Gasteiger partial charge in [0.1, 0.15) is 5.78 Å². The van der Waals surface area contributed by atoms with Crippen LogP contribution in [0.25, 0.3) is 0 Å². The summed E-state index contributed by atoms with van der Waals surface area (Å²) in [5, 5.41) is 0. The molecule has 132 valence electrons. The Morgan fingerprint density at radius 2 is 1.62 bits per heavy atom. The van der Waals surface area contributed by atoms with Gasteiger partial charge in [0.05, 0.1) is 0 Å². The zero-order valence-electron chi connectivity index (χ0n) is 15.5. The number of ketones is 2. The van der Waals surface area contributed by atoms with E-state index in [9.17, 15) is 9.59 Å². The van der Waals surface area contributed by atoms with Gasteiger partial charge in [0.15, 0.2) is 5.78 Å². The summed E-state index contributed by atoms with van der Waals surface area (Å²) in [4.78, 5) is 26.7. The van der Waals surface area contributed by atoms with Crippen molar-refractivity contribution in [2.75, 3.05) is 19.6 Å². The highest BCUT2D eigenvalue weighted by atomic mass is 16.1. The van der Waals surface area contributed by atoms with Crippen LogP contribution >= 0.6 is 0 Å². The first-order valence-electron chi connectivity index (χ1n) is 9.27. The van der Waals surface area contributed by atoms with Gasteiger partial charge in [0.2, 0.25) is 0 Å². The molecule has 0 aromatic heterocycles. The van der Waals surface area contributed by atoms with Crippen LogP contribution in [0.5, 0.6) is 0 Å². The van der Waals surface area contributed by atoms with E-state index >= 15 is 0 Å². The molecule has 1 aromatic rings. The Morgan fingerprint density at radius 3 is 2.12 bits per heavy atom. The molecule has 0 amide bonds. The van der Waals surface area contributed by atoms with Crippen LogP contribution in [0.4, 0.5) is 0 Å². The van der Waals surface area contributed by atoms with E-state index in [0.29, 0.717) is 18.1 Å². The molecule has 0 aliphatic carbocycles. The lowest BCUT2D eigenvalue weighted by Crippen LogP contribution is -2.37. The lowest BCUT2D eigenvalue weighted by molar-refractivity contribution is -0.122. The Hall–Kier alpha value is -1.48. The molecule has 1 aliphatic rings. The molecule has 1 saturated heterocycles. The summed E-state index contributed by atoms with van der Waals surface area (Å²) in [6.07, 6.45) is 2.44. The number of carbonyl (C=O) groups excluding carboxylic acids is 2. The fraction of sp³-hybridized carbons (Fsp3) is 0.619. The number of likely N-dealkylation sites (tertiary alicyclic amines) is 1. The lowest BCUT2D eigenvalue weighted by Gasteiger charge is -2.31. The summed E-state index contributed by atoms with van der Waals surface area (Å²) in [6.45, 7) is 10.9. The molecule has 3 nitrogen and oxygen atoms in total. The van der Waals surface area contributed by atoms with Gasteiger partial charge in [-0.2, -0.15) is 0 Å². The highest BCUT2D eigenvalue weighted by Gasteiger charge is 2.26. The van der Waals surface area contributed by atoms with Crippen molar-refractivity contribution in [2.24, 2.45) is 11.8 Å². The molecular weight excluding hydrogens is 298 g/mol. The summed E-state index contributed by atoms with van der Waals surface area (Å²) >= 11 is 0. The van der Waals surface area contributed by atoms with Crippen molar-refractivity contribution >= 4 is 11.6 Å². The van der Waals surface area contributed by atoms with Crippen LogP contribution in [0.1, 0.15) is 68.8 Å². The normalized spacial score (nSPS) is 16.8. The first kappa shape index (κ1) is 18.9. The molecule has 24 heavy (non-hydrogen) atoms. The average molecular weight is 329 g/mol. The van der Waals surface area contributed by atoms with Crippen molar-refractivity contribution in [3.05, 3.63) is 35.4 Å². The summed E-state index contributed by atoms with van der Waals surface area (Å²) < 4.78 is 0. The Bertz CT molecular complexity index is 552. The number of Topliss-reactive ketones (excluding diaryl/α,β-unsaturated/α-hetero) is 2. The monoisotopic (exact) mass is 329 g/mol. The zero-order valence-corrected chi connectivity index (χ0v) is 15.5. The molecule has 1 aromatic carbocycles. The number of rotatable bonds is 7. The van der Waals surface area contributed by atoms with Gasteiger partial charge in [0.25, 0.3) is 0 Å². The molecule has 0 spiro atoms. The lowest BCUT2D eigenvalue weighted by atomic mass is 9.88. The van der Waals surface area contributed by atoms with Crippen molar-refractivity contribution < 1.29 is 9.59 Å². The van der Waals surface area contributed by atoms with Gasteiger partial charge in [-0.3, -0.25) is 9.59 Å². The van der Waals surface area contributed by atoms with E-state index < -0.39 is 0 Å². The van der Waals surface area contributed by atoms with Gasteiger partial charge in [-0.15, -0.1) is 0 Å². The molecule has 2 rings (SSSR count).